The molecule has 0 radical (unpaired) electrons. The van der Waals surface area contributed by atoms with Crippen LogP contribution in [0.1, 0.15) is 62.0 Å². The summed E-state index contributed by atoms with van der Waals surface area (Å²) in [6, 6.07) is 22.1. The van der Waals surface area contributed by atoms with Crippen LogP contribution in [0.5, 0.6) is 11.5 Å². The lowest BCUT2D eigenvalue weighted by Crippen LogP contribution is -2.18. The van der Waals surface area contributed by atoms with Crippen molar-refractivity contribution in [3.05, 3.63) is 108 Å². The molecule has 0 aromatic heterocycles. The molecule has 6 nitrogen and oxygen atoms in total. The summed E-state index contributed by atoms with van der Waals surface area (Å²) in [5.41, 5.74) is 6.65. The number of allylic oxidation sites excluding steroid dienone is 1. The fourth-order valence-corrected chi connectivity index (χ4v) is 4.43. The molecule has 3 aromatic carbocycles. The third kappa shape index (κ3) is 11.5. The minimum absolute atomic E-state index is 0. The second-order valence-corrected chi connectivity index (χ2v) is 12.4. The maximum Gasteiger partial charge on any atom is 0.340 e. The SMILES string of the molecule is C.C.C=C(C)/C(C(=O)OC)=C(/C=C/N(C)C)N(C)C.CC(C)Oc1ccccc1-c1cc(C(C)(C)C)cc(-c2ccccc2)c1O. The van der Waals surface area contributed by atoms with Gasteiger partial charge in [0.2, 0.25) is 0 Å². The molecule has 3 aromatic rings. The molecule has 1 N–H and O–H groups in total. The Balaban J connectivity index is 0.000000935. The molecule has 0 unspecified atom stereocenters. The Bertz CT molecular complexity index is 1480. The monoisotopic (exact) mass is 630 g/mol. The number of nitrogens with zero attached hydrogens (tertiary/aromatic N) is 2. The van der Waals surface area contributed by atoms with E-state index in [2.05, 4.69) is 39.5 Å². The van der Waals surface area contributed by atoms with Gasteiger partial charge in [0.25, 0.3) is 0 Å². The first kappa shape index (κ1) is 41.6. The fourth-order valence-electron chi connectivity index (χ4n) is 4.43. The summed E-state index contributed by atoms with van der Waals surface area (Å²) in [5, 5.41) is 11.2. The van der Waals surface area contributed by atoms with Crippen molar-refractivity contribution in [2.24, 2.45) is 0 Å². The topological polar surface area (TPSA) is 62.2 Å². The zero-order valence-electron chi connectivity index (χ0n) is 28.4. The zero-order valence-corrected chi connectivity index (χ0v) is 28.4. The van der Waals surface area contributed by atoms with Gasteiger partial charge in [-0.15, -0.1) is 0 Å². The first-order valence-electron chi connectivity index (χ1n) is 14.8. The van der Waals surface area contributed by atoms with Crippen LogP contribution in [0, 0.1) is 0 Å². The number of hydrogen-bond acceptors (Lipinski definition) is 6. The maximum absolute atomic E-state index is 11.7. The first-order valence-corrected chi connectivity index (χ1v) is 14.8. The summed E-state index contributed by atoms with van der Waals surface area (Å²) < 4.78 is 10.8. The number of likely N-dealkylation sites (N-methyl/N-ethyl adjacent to an activating group) is 1. The Labute approximate surface area is 279 Å². The molecule has 0 atom stereocenters. The number of phenols is 1. The van der Waals surface area contributed by atoms with E-state index in [1.54, 1.807) is 6.92 Å². The standard InChI is InChI=1S/C25H28O2.C13H22N2O2.2CH4/c1-17(2)27-23-14-10-9-13-20(23)22-16-19(25(3,4)5)15-21(24(22)26)18-11-7-6-8-12-18;1-10(2)12(13(16)17-7)11(15(5)6)8-9-14(3)4;;/h6-17,26H,1-5H3;8-9H,1H2,2-7H3;2*1H4/b;9-8+,12-11+;;. The average Bonchev–Trinajstić information content (AvgIpc) is 2.95. The number of aromatic hydroxyl groups is 1. The van der Waals surface area contributed by atoms with E-state index in [4.69, 9.17) is 9.47 Å². The van der Waals surface area contributed by atoms with Crippen molar-refractivity contribution < 1.29 is 19.4 Å². The van der Waals surface area contributed by atoms with Gasteiger partial charge in [-0.05, 0) is 67.2 Å². The molecule has 0 spiro atoms. The number of hydrogen-bond donors (Lipinski definition) is 1. The summed E-state index contributed by atoms with van der Waals surface area (Å²) in [7, 11) is 8.96. The van der Waals surface area contributed by atoms with Crippen LogP contribution < -0.4 is 4.74 Å². The summed E-state index contributed by atoms with van der Waals surface area (Å²) >= 11 is 0. The highest BCUT2D eigenvalue weighted by Gasteiger charge is 2.22. The van der Waals surface area contributed by atoms with Crippen molar-refractivity contribution in [2.45, 2.75) is 67.9 Å². The van der Waals surface area contributed by atoms with Crippen LogP contribution in [-0.4, -0.2) is 62.3 Å². The normalized spacial score (nSPS) is 11.3. The van der Waals surface area contributed by atoms with Gasteiger partial charge in [0.05, 0.1) is 24.5 Å². The highest BCUT2D eigenvalue weighted by molar-refractivity contribution is 5.94. The molecule has 0 fully saturated rings. The van der Waals surface area contributed by atoms with E-state index >= 15 is 0 Å². The van der Waals surface area contributed by atoms with Crippen molar-refractivity contribution in [1.82, 2.24) is 9.80 Å². The summed E-state index contributed by atoms with van der Waals surface area (Å²) in [6.07, 6.45) is 3.80. The average molecular weight is 631 g/mol. The predicted molar refractivity (Wildman–Crippen MR) is 197 cm³/mol. The molecule has 0 heterocycles. The Hall–Kier alpha value is -4.45. The second-order valence-electron chi connectivity index (χ2n) is 12.4. The second kappa shape index (κ2) is 18.5. The molecule has 0 saturated heterocycles. The largest absolute Gasteiger partial charge is 0.507 e. The van der Waals surface area contributed by atoms with Gasteiger partial charge in [-0.2, -0.15) is 0 Å². The molecule has 0 aliphatic carbocycles. The molecular weight excluding hydrogens is 572 g/mol. The van der Waals surface area contributed by atoms with Gasteiger partial charge in [-0.25, -0.2) is 4.79 Å². The molecule has 0 saturated carbocycles. The van der Waals surface area contributed by atoms with E-state index in [0.717, 1.165) is 33.7 Å². The van der Waals surface area contributed by atoms with E-state index in [0.29, 0.717) is 11.1 Å². The van der Waals surface area contributed by atoms with Crippen LogP contribution in [0.15, 0.2) is 102 Å². The first-order chi connectivity index (χ1) is 20.6. The van der Waals surface area contributed by atoms with Crippen LogP contribution in [0.2, 0.25) is 0 Å². The third-order valence-electron chi connectivity index (χ3n) is 6.69. The molecule has 6 heteroatoms. The quantitative estimate of drug-likeness (QED) is 0.144. The van der Waals surface area contributed by atoms with Crippen molar-refractivity contribution in [3.8, 4) is 33.8 Å². The van der Waals surface area contributed by atoms with E-state index in [-0.39, 0.29) is 38.1 Å². The van der Waals surface area contributed by atoms with Crippen molar-refractivity contribution in [2.75, 3.05) is 35.3 Å². The van der Waals surface area contributed by atoms with Crippen LogP contribution in [0.3, 0.4) is 0 Å². The number of esters is 1. The number of methoxy groups -OCH3 is 1. The summed E-state index contributed by atoms with van der Waals surface area (Å²) in [5.74, 6) is 0.700. The van der Waals surface area contributed by atoms with Crippen molar-refractivity contribution in [3.63, 3.8) is 0 Å². The van der Waals surface area contributed by atoms with Crippen LogP contribution >= 0.6 is 0 Å². The Morgan fingerprint density at radius 1 is 0.891 bits per heavy atom. The summed E-state index contributed by atoms with van der Waals surface area (Å²) in [4.78, 5) is 15.5. The molecule has 0 aliphatic rings. The predicted octanol–water partition coefficient (Wildman–Crippen LogP) is 9.71. The van der Waals surface area contributed by atoms with Gasteiger partial charge in [0.1, 0.15) is 11.5 Å². The number of carbonyl (C=O) groups excluding carboxylic acids is 1. The van der Waals surface area contributed by atoms with Crippen LogP contribution in [0.4, 0.5) is 0 Å². The lowest BCUT2D eigenvalue weighted by molar-refractivity contribution is -0.135. The van der Waals surface area contributed by atoms with E-state index in [9.17, 15) is 9.90 Å². The molecule has 252 valence electrons. The van der Waals surface area contributed by atoms with E-state index in [1.165, 1.54) is 12.7 Å². The van der Waals surface area contributed by atoms with Gasteiger partial charge < -0.3 is 24.4 Å². The summed E-state index contributed by atoms with van der Waals surface area (Å²) in [6.45, 7) is 16.2. The Kier molecular flexibility index (Phi) is 16.7. The highest BCUT2D eigenvalue weighted by atomic mass is 16.5. The zero-order chi connectivity index (χ0) is 33.2. The molecular formula is C40H58N2O4. The number of benzene rings is 3. The van der Waals surface area contributed by atoms with Gasteiger partial charge in [-0.1, -0.05) is 90.7 Å². The maximum atomic E-state index is 11.7. The van der Waals surface area contributed by atoms with Gasteiger partial charge in [-0.3, -0.25) is 0 Å². The van der Waals surface area contributed by atoms with Crippen LogP contribution in [0.25, 0.3) is 22.3 Å². The van der Waals surface area contributed by atoms with E-state index in [1.807, 2.05) is 119 Å². The Morgan fingerprint density at radius 2 is 1.43 bits per heavy atom. The van der Waals surface area contributed by atoms with Gasteiger partial charge >= 0.3 is 5.97 Å². The van der Waals surface area contributed by atoms with E-state index < -0.39 is 0 Å². The number of para-hydroxylation sites is 1. The minimum Gasteiger partial charge on any atom is -0.507 e. The fraction of sp³-hybridized carbons (Fsp3) is 0.375. The number of phenolic OH excluding ortho intramolecular Hbond substituents is 1. The highest BCUT2D eigenvalue weighted by Crippen LogP contribution is 2.44. The van der Waals surface area contributed by atoms with Gasteiger partial charge in [0.15, 0.2) is 0 Å². The third-order valence-corrected chi connectivity index (χ3v) is 6.69. The number of rotatable bonds is 9. The van der Waals surface area contributed by atoms with Crippen LogP contribution in [-0.2, 0) is 14.9 Å². The molecule has 0 aliphatic heterocycles. The molecule has 46 heavy (non-hydrogen) atoms. The molecule has 0 amide bonds. The molecule has 0 bridgehead atoms. The minimum atomic E-state index is -0.371. The lowest BCUT2D eigenvalue weighted by Gasteiger charge is -2.23. The number of carbonyl (C=O) groups is 1. The molecule has 3 rings (SSSR count). The lowest BCUT2D eigenvalue weighted by atomic mass is 9.82. The van der Waals surface area contributed by atoms with Crippen molar-refractivity contribution >= 4 is 5.97 Å². The smallest absolute Gasteiger partial charge is 0.340 e. The Morgan fingerprint density at radius 3 is 1.91 bits per heavy atom. The number of ether oxygens (including phenoxy) is 2. The van der Waals surface area contributed by atoms with Crippen molar-refractivity contribution in [1.29, 1.82) is 0 Å². The van der Waals surface area contributed by atoms with Gasteiger partial charge in [0, 0.05) is 51.1 Å².